The number of alkyl carbamates (subject to hydrolysis) is 2. The molecule has 2 aliphatic heterocycles. The smallest absolute Gasteiger partial charge is 0.407 e. The van der Waals surface area contributed by atoms with Crippen LogP contribution >= 0.6 is 0 Å². The number of rotatable bonds is 13. The summed E-state index contributed by atoms with van der Waals surface area (Å²) in [4.78, 5) is 79.6. The van der Waals surface area contributed by atoms with Crippen molar-refractivity contribution in [1.82, 2.24) is 20.4 Å². The van der Waals surface area contributed by atoms with Gasteiger partial charge in [0.2, 0.25) is 23.6 Å². The zero-order valence-electron chi connectivity index (χ0n) is 30.6. The van der Waals surface area contributed by atoms with E-state index < -0.39 is 36.4 Å². The number of carbonyl (C=O) groups excluding carboxylic acids is 6. The van der Waals surface area contributed by atoms with Gasteiger partial charge in [-0.2, -0.15) is 0 Å². The average molecular weight is 723 g/mol. The fourth-order valence-corrected chi connectivity index (χ4v) is 6.30. The Morgan fingerprint density at radius 1 is 0.654 bits per heavy atom. The summed E-state index contributed by atoms with van der Waals surface area (Å²) in [6.07, 6.45) is 0.969. The van der Waals surface area contributed by atoms with E-state index in [1.807, 2.05) is 39.8 Å². The summed E-state index contributed by atoms with van der Waals surface area (Å²) in [5.74, 6) is -1.07. The van der Waals surface area contributed by atoms with Crippen LogP contribution in [0.2, 0.25) is 0 Å². The van der Waals surface area contributed by atoms with Gasteiger partial charge in [-0.1, -0.05) is 39.8 Å². The van der Waals surface area contributed by atoms with Crippen LogP contribution in [0.3, 0.4) is 0 Å². The van der Waals surface area contributed by atoms with Gasteiger partial charge in [0.05, 0.1) is 14.2 Å². The normalized spacial score (nSPS) is 18.0. The van der Waals surface area contributed by atoms with Crippen LogP contribution in [0.5, 0.6) is 5.75 Å². The molecule has 0 saturated carbocycles. The van der Waals surface area contributed by atoms with Crippen molar-refractivity contribution in [3.05, 3.63) is 54.1 Å². The number of carbonyl (C=O) groups is 6. The Morgan fingerprint density at radius 3 is 1.44 bits per heavy atom. The zero-order chi connectivity index (χ0) is 37.9. The molecular weight excluding hydrogens is 672 g/mol. The summed E-state index contributed by atoms with van der Waals surface area (Å²) >= 11 is 0. The number of methoxy groups -OCH3 is 2. The van der Waals surface area contributed by atoms with Crippen molar-refractivity contribution in [1.29, 1.82) is 0 Å². The van der Waals surface area contributed by atoms with Gasteiger partial charge >= 0.3 is 12.2 Å². The Bertz CT molecular complexity index is 1460. The van der Waals surface area contributed by atoms with Gasteiger partial charge in [0.25, 0.3) is 0 Å². The second-order valence-electron chi connectivity index (χ2n) is 13.6. The SMILES string of the molecule is COC(=O)NC(C(=O)N1CCCC1C(=O)Nc1ccc(COc2ccc(NC(=O)C3CCCN3C(=O)C(NC(=O)OC)C(C)C)cc2)cc1)C(C)C. The minimum Gasteiger partial charge on any atom is -0.489 e. The van der Waals surface area contributed by atoms with Gasteiger partial charge in [0.15, 0.2) is 0 Å². The molecule has 0 radical (unpaired) electrons. The van der Waals surface area contributed by atoms with Crippen LogP contribution in [0, 0.1) is 11.8 Å². The molecule has 4 unspecified atom stereocenters. The maximum Gasteiger partial charge on any atom is 0.407 e. The largest absolute Gasteiger partial charge is 0.489 e. The highest BCUT2D eigenvalue weighted by atomic mass is 16.5. The van der Waals surface area contributed by atoms with Crippen LogP contribution < -0.4 is 26.0 Å². The lowest BCUT2D eigenvalue weighted by atomic mass is 10.0. The third-order valence-electron chi connectivity index (χ3n) is 9.21. The third kappa shape index (κ3) is 10.1. The molecule has 4 N–H and O–H groups in total. The van der Waals surface area contributed by atoms with Gasteiger partial charge in [0, 0.05) is 24.5 Å². The van der Waals surface area contributed by atoms with E-state index in [2.05, 4.69) is 30.7 Å². The average Bonchev–Trinajstić information content (AvgIpc) is 3.83. The lowest BCUT2D eigenvalue weighted by molar-refractivity contribution is -0.139. The number of ether oxygens (including phenoxy) is 3. The minimum atomic E-state index is -0.811. The van der Waals surface area contributed by atoms with Crippen LogP contribution in [-0.4, -0.2) is 97.1 Å². The first-order valence-corrected chi connectivity index (χ1v) is 17.6. The van der Waals surface area contributed by atoms with E-state index in [4.69, 9.17) is 4.74 Å². The van der Waals surface area contributed by atoms with E-state index in [1.54, 1.807) is 36.4 Å². The molecule has 2 fully saturated rings. The van der Waals surface area contributed by atoms with Crippen LogP contribution in [0.1, 0.15) is 58.9 Å². The second kappa shape index (κ2) is 18.2. The molecule has 4 rings (SSSR count). The lowest BCUT2D eigenvalue weighted by Gasteiger charge is -2.30. The molecule has 0 aromatic heterocycles. The molecule has 2 aromatic carbocycles. The van der Waals surface area contributed by atoms with Crippen molar-refractivity contribution < 1.29 is 43.0 Å². The first-order valence-electron chi connectivity index (χ1n) is 17.6. The number of hydrogen-bond donors (Lipinski definition) is 4. The van der Waals surface area contributed by atoms with Gasteiger partial charge in [-0.15, -0.1) is 0 Å². The molecular formula is C37H50N6O9. The number of benzene rings is 2. The summed E-state index contributed by atoms with van der Waals surface area (Å²) in [7, 11) is 2.47. The van der Waals surface area contributed by atoms with E-state index in [0.29, 0.717) is 55.9 Å². The van der Waals surface area contributed by atoms with E-state index >= 15 is 0 Å². The number of nitrogens with one attached hydrogen (secondary N) is 4. The molecule has 52 heavy (non-hydrogen) atoms. The number of hydrogen-bond acceptors (Lipinski definition) is 9. The summed E-state index contributed by atoms with van der Waals surface area (Å²) in [6, 6.07) is 11.1. The van der Waals surface area contributed by atoms with Crippen LogP contribution in [-0.2, 0) is 35.3 Å². The Morgan fingerprint density at radius 2 is 1.06 bits per heavy atom. The van der Waals surface area contributed by atoms with E-state index in [0.717, 1.165) is 5.56 Å². The van der Waals surface area contributed by atoms with Crippen molar-refractivity contribution in [3.8, 4) is 5.75 Å². The van der Waals surface area contributed by atoms with Crippen LogP contribution in [0.4, 0.5) is 21.0 Å². The molecule has 0 spiro atoms. The van der Waals surface area contributed by atoms with Gasteiger partial charge in [-0.3, -0.25) is 19.2 Å². The highest BCUT2D eigenvalue weighted by Gasteiger charge is 2.40. The molecule has 2 saturated heterocycles. The quantitative estimate of drug-likeness (QED) is 0.238. The van der Waals surface area contributed by atoms with Crippen molar-refractivity contribution in [2.75, 3.05) is 37.9 Å². The molecule has 6 amide bonds. The fourth-order valence-electron chi connectivity index (χ4n) is 6.30. The molecule has 4 atom stereocenters. The van der Waals surface area contributed by atoms with Gasteiger partial charge < -0.3 is 45.3 Å². The molecule has 282 valence electrons. The van der Waals surface area contributed by atoms with Gasteiger partial charge in [0.1, 0.15) is 36.5 Å². The predicted molar refractivity (Wildman–Crippen MR) is 192 cm³/mol. The molecule has 0 bridgehead atoms. The Kier molecular flexibility index (Phi) is 13.8. The number of amides is 6. The lowest BCUT2D eigenvalue weighted by Crippen LogP contribution is -2.54. The number of nitrogens with zero attached hydrogens (tertiary/aromatic N) is 2. The first kappa shape index (κ1) is 39.4. The maximum absolute atomic E-state index is 13.3. The number of anilines is 2. The first-order chi connectivity index (χ1) is 24.8. The highest BCUT2D eigenvalue weighted by Crippen LogP contribution is 2.25. The number of likely N-dealkylation sites (tertiary alicyclic amines) is 2. The molecule has 0 aliphatic carbocycles. The Balaban J connectivity index is 1.27. The topological polar surface area (TPSA) is 185 Å². The van der Waals surface area contributed by atoms with E-state index in [-0.39, 0.29) is 42.1 Å². The minimum absolute atomic E-state index is 0.195. The Labute approximate surface area is 304 Å². The van der Waals surface area contributed by atoms with Crippen molar-refractivity contribution in [3.63, 3.8) is 0 Å². The fraction of sp³-hybridized carbons (Fsp3) is 0.514. The second-order valence-corrected chi connectivity index (χ2v) is 13.6. The molecule has 2 aliphatic rings. The summed E-state index contributed by atoms with van der Waals surface area (Å²) < 4.78 is 15.3. The molecule has 2 heterocycles. The summed E-state index contributed by atoms with van der Waals surface area (Å²) in [6.45, 7) is 8.36. The molecule has 15 nitrogen and oxygen atoms in total. The van der Waals surface area contributed by atoms with Gasteiger partial charge in [-0.05, 0) is 79.5 Å². The van der Waals surface area contributed by atoms with Crippen LogP contribution in [0.15, 0.2) is 48.5 Å². The Hall–Kier alpha value is -5.34. The maximum atomic E-state index is 13.3. The molecule has 2 aromatic rings. The third-order valence-corrected chi connectivity index (χ3v) is 9.21. The van der Waals surface area contributed by atoms with E-state index in [1.165, 1.54) is 24.0 Å². The van der Waals surface area contributed by atoms with Crippen LogP contribution in [0.25, 0.3) is 0 Å². The summed E-state index contributed by atoms with van der Waals surface area (Å²) in [5.41, 5.74) is 1.98. The standard InChI is InChI=1S/C37H50N6O9/c1-22(2)30(40-36(48)50-5)34(46)42-19-7-9-28(42)32(44)38-25-13-11-24(12-14-25)21-52-27-17-15-26(16-18-27)39-33(45)29-10-8-20-43(29)35(47)31(23(3)4)41-37(49)51-6/h11-18,22-23,28-31H,7-10,19-21H2,1-6H3,(H,38,44)(H,39,45)(H,40,48)(H,41,49). The van der Waals surface area contributed by atoms with Crippen molar-refractivity contribution in [2.45, 2.75) is 84.2 Å². The highest BCUT2D eigenvalue weighted by molar-refractivity contribution is 5.99. The predicted octanol–water partition coefficient (Wildman–Crippen LogP) is 3.89. The van der Waals surface area contributed by atoms with Crippen molar-refractivity contribution in [2.24, 2.45) is 11.8 Å². The van der Waals surface area contributed by atoms with Crippen molar-refractivity contribution >= 4 is 47.2 Å². The monoisotopic (exact) mass is 722 g/mol. The van der Waals surface area contributed by atoms with E-state index in [9.17, 15) is 28.8 Å². The molecule has 15 heteroatoms. The summed E-state index contributed by atoms with van der Waals surface area (Å²) in [5, 5.41) is 10.9. The zero-order valence-corrected chi connectivity index (χ0v) is 30.6. The van der Waals surface area contributed by atoms with Gasteiger partial charge in [-0.25, -0.2) is 9.59 Å².